The fraction of sp³-hybridized carbons (Fsp3) is 0.833. The Morgan fingerprint density at radius 3 is 2.50 bits per heavy atom. The van der Waals surface area contributed by atoms with Gasteiger partial charge in [0.2, 0.25) is 0 Å². The van der Waals surface area contributed by atoms with Crippen molar-refractivity contribution in [1.82, 2.24) is 4.90 Å². The fourth-order valence-corrected chi connectivity index (χ4v) is 2.31. The van der Waals surface area contributed by atoms with Gasteiger partial charge in [-0.15, -0.1) is 0 Å². The normalized spacial score (nSPS) is 9.50. The van der Waals surface area contributed by atoms with Crippen LogP contribution >= 0.6 is 45.2 Å². The molecule has 0 aliphatic carbocycles. The Morgan fingerprint density at radius 1 is 1.60 bits per heavy atom. The number of alkyl halides is 1. The van der Waals surface area contributed by atoms with Crippen molar-refractivity contribution in [1.29, 1.82) is 5.41 Å². The summed E-state index contributed by atoms with van der Waals surface area (Å²) in [7, 11) is 0. The summed E-state index contributed by atoms with van der Waals surface area (Å²) in [5.74, 6) is 0. The largest absolute Gasteiger partial charge is 0.343 e. The van der Waals surface area contributed by atoms with Crippen molar-refractivity contribution < 1.29 is 0 Å². The molecule has 0 spiro atoms. The molecule has 4 heteroatoms. The lowest BCUT2D eigenvalue weighted by Gasteiger charge is -2.17. The lowest BCUT2D eigenvalue weighted by Crippen LogP contribution is -2.25. The van der Waals surface area contributed by atoms with E-state index in [0.717, 1.165) is 11.1 Å². The Balaban J connectivity index is 3.50. The van der Waals surface area contributed by atoms with Crippen LogP contribution in [0.1, 0.15) is 19.8 Å². The molecule has 0 rings (SSSR count). The number of nitrogens with one attached hydrogen (secondary N) is 1. The van der Waals surface area contributed by atoms with Gasteiger partial charge in [-0.05, 0) is 29.0 Å². The summed E-state index contributed by atoms with van der Waals surface area (Å²) < 4.78 is 1.58. The minimum Gasteiger partial charge on any atom is -0.343 e. The molecule has 0 atom stereocenters. The standard InChI is InChI=1S/C6H12I2N2/c1-2-3-4-10(5-7)6(8)9/h9H,2-5H2,1H3. The van der Waals surface area contributed by atoms with Crippen LogP contribution in [0.5, 0.6) is 0 Å². The molecule has 0 amide bonds. The zero-order valence-electron chi connectivity index (χ0n) is 6.03. The molecular weight excluding hydrogens is 354 g/mol. The maximum Gasteiger partial charge on any atom is 0.160 e. The van der Waals surface area contributed by atoms with Gasteiger partial charge in [-0.3, -0.25) is 5.41 Å². The third-order valence-corrected chi connectivity index (χ3v) is 2.71. The summed E-state index contributed by atoms with van der Waals surface area (Å²) in [6, 6.07) is 0. The van der Waals surface area contributed by atoms with E-state index in [4.69, 9.17) is 5.41 Å². The molecule has 0 aromatic heterocycles. The molecule has 0 radical (unpaired) electrons. The van der Waals surface area contributed by atoms with Crippen LogP contribution in [0.4, 0.5) is 0 Å². The molecule has 0 aromatic rings. The third-order valence-electron chi connectivity index (χ3n) is 1.20. The van der Waals surface area contributed by atoms with E-state index in [1.54, 1.807) is 0 Å². The lowest BCUT2D eigenvalue weighted by molar-refractivity contribution is 0.486. The minimum absolute atomic E-state index is 0.653. The zero-order chi connectivity index (χ0) is 7.98. The first-order chi connectivity index (χ1) is 4.72. The van der Waals surface area contributed by atoms with Crippen molar-refractivity contribution in [2.45, 2.75) is 19.8 Å². The monoisotopic (exact) mass is 366 g/mol. The predicted molar refractivity (Wildman–Crippen MR) is 62.2 cm³/mol. The molecule has 1 N–H and O–H groups in total. The van der Waals surface area contributed by atoms with Gasteiger partial charge in [-0.25, -0.2) is 0 Å². The van der Waals surface area contributed by atoms with Crippen LogP contribution in [0.3, 0.4) is 0 Å². The maximum atomic E-state index is 7.34. The van der Waals surface area contributed by atoms with Gasteiger partial charge in [0.05, 0.1) is 4.55 Å². The zero-order valence-corrected chi connectivity index (χ0v) is 10.3. The predicted octanol–water partition coefficient (Wildman–Crippen LogP) is 2.85. The Kier molecular flexibility index (Phi) is 7.24. The highest BCUT2D eigenvalue weighted by atomic mass is 127. The van der Waals surface area contributed by atoms with E-state index >= 15 is 0 Å². The molecule has 0 heterocycles. The number of halogens is 2. The molecule has 2 nitrogen and oxygen atoms in total. The number of amidine groups is 1. The van der Waals surface area contributed by atoms with E-state index in [9.17, 15) is 0 Å². The Hall–Kier alpha value is 0.930. The summed E-state index contributed by atoms with van der Waals surface area (Å²) in [5, 5.41) is 7.34. The second kappa shape index (κ2) is 6.63. The van der Waals surface area contributed by atoms with Gasteiger partial charge in [0.15, 0.2) is 3.84 Å². The SMILES string of the molecule is CCCCN(CI)C(=N)I. The maximum absolute atomic E-state index is 7.34. The second-order valence-corrected chi connectivity index (χ2v) is 3.73. The summed E-state index contributed by atoms with van der Waals surface area (Å²) >= 11 is 4.33. The van der Waals surface area contributed by atoms with Gasteiger partial charge in [0.1, 0.15) is 0 Å². The first-order valence-corrected chi connectivity index (χ1v) is 5.87. The molecule has 0 fully saturated rings. The average Bonchev–Trinajstić information content (AvgIpc) is 1.89. The number of rotatable bonds is 4. The Labute approximate surface area is 89.5 Å². The van der Waals surface area contributed by atoms with Crippen molar-refractivity contribution >= 4 is 49.0 Å². The smallest absolute Gasteiger partial charge is 0.160 e. The summed E-state index contributed by atoms with van der Waals surface area (Å²) in [5.41, 5.74) is 0. The van der Waals surface area contributed by atoms with E-state index in [1.807, 2.05) is 22.6 Å². The summed E-state index contributed by atoms with van der Waals surface area (Å²) in [6.07, 6.45) is 2.39. The van der Waals surface area contributed by atoms with Gasteiger partial charge in [0.25, 0.3) is 0 Å². The van der Waals surface area contributed by atoms with Crippen molar-refractivity contribution in [3.05, 3.63) is 0 Å². The highest BCUT2D eigenvalue weighted by Gasteiger charge is 2.01. The average molecular weight is 366 g/mol. The number of hydrogen-bond donors (Lipinski definition) is 1. The van der Waals surface area contributed by atoms with Crippen molar-refractivity contribution in [3.8, 4) is 0 Å². The van der Waals surface area contributed by atoms with E-state index in [2.05, 4.69) is 34.4 Å². The van der Waals surface area contributed by atoms with Crippen molar-refractivity contribution in [3.63, 3.8) is 0 Å². The topological polar surface area (TPSA) is 27.1 Å². The molecule has 10 heavy (non-hydrogen) atoms. The molecular formula is C6H12I2N2. The quantitative estimate of drug-likeness (QED) is 0.268. The van der Waals surface area contributed by atoms with Crippen LogP contribution < -0.4 is 0 Å². The second-order valence-electron chi connectivity index (χ2n) is 2.03. The minimum atomic E-state index is 0.653. The third kappa shape index (κ3) is 4.70. The number of unbranched alkanes of at least 4 members (excludes halogenated alkanes) is 1. The Bertz CT molecular complexity index is 106. The molecule has 0 aliphatic heterocycles. The molecule has 0 aliphatic rings. The van der Waals surface area contributed by atoms with Gasteiger partial charge in [0, 0.05) is 6.54 Å². The first-order valence-electron chi connectivity index (χ1n) is 3.27. The van der Waals surface area contributed by atoms with Gasteiger partial charge in [-0.2, -0.15) is 0 Å². The molecule has 0 saturated carbocycles. The highest BCUT2D eigenvalue weighted by molar-refractivity contribution is 14.1. The molecule has 0 saturated heterocycles. The van der Waals surface area contributed by atoms with E-state index in [0.29, 0.717) is 3.84 Å². The van der Waals surface area contributed by atoms with Crippen LogP contribution in [0, 0.1) is 5.41 Å². The summed E-state index contributed by atoms with van der Waals surface area (Å²) in [4.78, 5) is 2.06. The lowest BCUT2D eigenvalue weighted by atomic mass is 10.3. The van der Waals surface area contributed by atoms with Gasteiger partial charge in [-0.1, -0.05) is 35.9 Å². The first kappa shape index (κ1) is 10.9. The van der Waals surface area contributed by atoms with E-state index in [1.165, 1.54) is 12.8 Å². The van der Waals surface area contributed by atoms with Gasteiger partial charge >= 0.3 is 0 Å². The van der Waals surface area contributed by atoms with Crippen LogP contribution in [-0.2, 0) is 0 Å². The molecule has 0 aromatic carbocycles. The van der Waals surface area contributed by atoms with Crippen LogP contribution in [0.15, 0.2) is 0 Å². The Morgan fingerprint density at radius 2 is 2.20 bits per heavy atom. The van der Waals surface area contributed by atoms with Crippen molar-refractivity contribution in [2.24, 2.45) is 0 Å². The number of hydrogen-bond acceptors (Lipinski definition) is 1. The van der Waals surface area contributed by atoms with Gasteiger partial charge < -0.3 is 4.90 Å². The van der Waals surface area contributed by atoms with Crippen LogP contribution in [0.25, 0.3) is 0 Å². The van der Waals surface area contributed by atoms with Crippen LogP contribution in [0.2, 0.25) is 0 Å². The highest BCUT2D eigenvalue weighted by Crippen LogP contribution is 2.03. The summed E-state index contributed by atoms with van der Waals surface area (Å²) in [6.45, 7) is 3.20. The molecule has 0 unspecified atom stereocenters. The van der Waals surface area contributed by atoms with Crippen LogP contribution in [-0.4, -0.2) is 19.8 Å². The fourth-order valence-electron chi connectivity index (χ4n) is 0.559. The van der Waals surface area contributed by atoms with E-state index in [-0.39, 0.29) is 0 Å². The molecule has 0 bridgehead atoms. The van der Waals surface area contributed by atoms with E-state index < -0.39 is 0 Å². The van der Waals surface area contributed by atoms with Crippen molar-refractivity contribution in [2.75, 3.05) is 11.1 Å². The number of nitrogens with zero attached hydrogens (tertiary/aromatic N) is 1. The molecule has 60 valence electrons.